The Morgan fingerprint density at radius 3 is 2.80 bits per heavy atom. The van der Waals surface area contributed by atoms with E-state index in [0.29, 0.717) is 17.8 Å². The van der Waals surface area contributed by atoms with Gasteiger partial charge in [-0.1, -0.05) is 30.3 Å². The topological polar surface area (TPSA) is 86.9 Å². The minimum atomic E-state index is -0.344. The highest BCUT2D eigenvalue weighted by molar-refractivity contribution is 7.12. The minimum absolute atomic E-state index is 0.181. The van der Waals surface area contributed by atoms with E-state index < -0.39 is 0 Å². The Labute approximate surface area is 177 Å². The van der Waals surface area contributed by atoms with Gasteiger partial charge in [0.2, 0.25) is 0 Å². The van der Waals surface area contributed by atoms with Gasteiger partial charge in [0, 0.05) is 36.0 Å². The maximum atomic E-state index is 12.8. The van der Waals surface area contributed by atoms with E-state index in [2.05, 4.69) is 26.7 Å². The zero-order chi connectivity index (χ0) is 20.8. The third-order valence-corrected chi connectivity index (χ3v) is 5.46. The summed E-state index contributed by atoms with van der Waals surface area (Å²) in [5.41, 5.74) is 3.11. The number of benzene rings is 1. The van der Waals surface area contributed by atoms with Crippen molar-refractivity contribution in [1.82, 2.24) is 20.6 Å². The van der Waals surface area contributed by atoms with E-state index in [0.717, 1.165) is 22.0 Å². The number of H-pyrrole nitrogens is 1. The predicted octanol–water partition coefficient (Wildman–Crippen LogP) is 3.75. The first-order valence-corrected chi connectivity index (χ1v) is 10.4. The summed E-state index contributed by atoms with van der Waals surface area (Å²) in [6, 6.07) is 15.2. The van der Waals surface area contributed by atoms with Crippen LogP contribution >= 0.6 is 11.3 Å². The lowest BCUT2D eigenvalue weighted by Crippen LogP contribution is -2.35. The van der Waals surface area contributed by atoms with Crippen molar-refractivity contribution < 1.29 is 9.59 Å². The lowest BCUT2D eigenvalue weighted by molar-refractivity contribution is -0.117. The van der Waals surface area contributed by atoms with E-state index in [1.165, 1.54) is 11.3 Å². The molecule has 3 heterocycles. The van der Waals surface area contributed by atoms with Crippen LogP contribution in [0.25, 0.3) is 17.0 Å². The monoisotopic (exact) mass is 416 g/mol. The highest BCUT2D eigenvalue weighted by Crippen LogP contribution is 2.17. The molecule has 3 N–H and O–H groups in total. The third-order valence-electron chi connectivity index (χ3n) is 4.59. The summed E-state index contributed by atoms with van der Waals surface area (Å²) in [5, 5.41) is 8.59. The number of aromatic amines is 1. The molecule has 0 aliphatic carbocycles. The minimum Gasteiger partial charge on any atom is -0.361 e. The van der Waals surface area contributed by atoms with Crippen molar-refractivity contribution >= 4 is 40.1 Å². The van der Waals surface area contributed by atoms with Gasteiger partial charge in [0.1, 0.15) is 5.70 Å². The maximum absolute atomic E-state index is 12.8. The van der Waals surface area contributed by atoms with Crippen LogP contribution in [0.4, 0.5) is 0 Å². The fourth-order valence-corrected chi connectivity index (χ4v) is 3.74. The van der Waals surface area contributed by atoms with Gasteiger partial charge in [-0.15, -0.1) is 11.3 Å². The lowest BCUT2D eigenvalue weighted by Gasteiger charge is -2.10. The molecule has 2 amide bonds. The van der Waals surface area contributed by atoms with Crippen LogP contribution in [-0.4, -0.2) is 28.3 Å². The van der Waals surface area contributed by atoms with Crippen LogP contribution < -0.4 is 10.6 Å². The number of hydrogen-bond acceptors (Lipinski definition) is 4. The van der Waals surface area contributed by atoms with Crippen LogP contribution in [0.5, 0.6) is 0 Å². The molecule has 0 saturated heterocycles. The number of aromatic nitrogens is 2. The number of hydrogen-bond donors (Lipinski definition) is 3. The van der Waals surface area contributed by atoms with Crippen molar-refractivity contribution in [3.63, 3.8) is 0 Å². The number of carbonyl (C=O) groups excluding carboxylic acids is 2. The molecule has 0 aliphatic rings. The van der Waals surface area contributed by atoms with Crippen molar-refractivity contribution in [1.29, 1.82) is 0 Å². The van der Waals surface area contributed by atoms with Gasteiger partial charge in [-0.05, 0) is 47.2 Å². The van der Waals surface area contributed by atoms with E-state index >= 15 is 0 Å². The normalized spacial score (nSPS) is 11.4. The lowest BCUT2D eigenvalue weighted by atomic mass is 10.1. The van der Waals surface area contributed by atoms with Crippen LogP contribution in [0.1, 0.15) is 20.8 Å². The summed E-state index contributed by atoms with van der Waals surface area (Å²) in [5.74, 6) is -0.657. The first-order chi connectivity index (χ1) is 14.7. The van der Waals surface area contributed by atoms with Crippen molar-refractivity contribution in [2.75, 3.05) is 6.54 Å². The summed E-state index contributed by atoms with van der Waals surface area (Å²) in [7, 11) is 0. The molecule has 0 radical (unpaired) electrons. The van der Waals surface area contributed by atoms with Crippen LogP contribution in [0, 0.1) is 0 Å². The molecule has 4 rings (SSSR count). The summed E-state index contributed by atoms with van der Waals surface area (Å²) < 4.78 is 0. The summed E-state index contributed by atoms with van der Waals surface area (Å²) >= 11 is 1.32. The fourth-order valence-electron chi connectivity index (χ4n) is 3.12. The Kier molecular flexibility index (Phi) is 6.01. The van der Waals surface area contributed by atoms with Gasteiger partial charge in [0.15, 0.2) is 0 Å². The molecule has 0 unspecified atom stereocenters. The average molecular weight is 417 g/mol. The molecule has 3 aromatic heterocycles. The Morgan fingerprint density at radius 2 is 2.00 bits per heavy atom. The zero-order valence-electron chi connectivity index (χ0n) is 16.1. The third kappa shape index (κ3) is 4.64. The Bertz CT molecular complexity index is 1180. The van der Waals surface area contributed by atoms with E-state index in [4.69, 9.17) is 0 Å². The Hall–Kier alpha value is -3.71. The highest BCUT2D eigenvalue weighted by atomic mass is 32.1. The van der Waals surface area contributed by atoms with E-state index in [9.17, 15) is 9.59 Å². The molecule has 0 spiro atoms. The van der Waals surface area contributed by atoms with Gasteiger partial charge in [-0.3, -0.25) is 14.6 Å². The summed E-state index contributed by atoms with van der Waals surface area (Å²) in [6.07, 6.45) is 7.55. The van der Waals surface area contributed by atoms with Gasteiger partial charge in [-0.25, -0.2) is 0 Å². The smallest absolute Gasteiger partial charge is 0.267 e. The van der Waals surface area contributed by atoms with Crippen LogP contribution in [0.15, 0.2) is 78.2 Å². The van der Waals surface area contributed by atoms with E-state index in [1.807, 2.05) is 35.8 Å². The molecule has 4 aromatic rings. The second-order valence-electron chi connectivity index (χ2n) is 6.64. The van der Waals surface area contributed by atoms with Gasteiger partial charge in [0.05, 0.1) is 4.88 Å². The maximum Gasteiger partial charge on any atom is 0.267 e. The number of thiophene rings is 1. The molecule has 0 fully saturated rings. The average Bonchev–Trinajstić information content (AvgIpc) is 3.45. The van der Waals surface area contributed by atoms with Crippen LogP contribution in [0.2, 0.25) is 0 Å². The largest absolute Gasteiger partial charge is 0.361 e. The number of nitrogens with one attached hydrogen (secondary N) is 3. The van der Waals surface area contributed by atoms with Crippen molar-refractivity contribution in [3.8, 4) is 0 Å². The zero-order valence-corrected chi connectivity index (χ0v) is 16.9. The number of carbonyl (C=O) groups is 2. The van der Waals surface area contributed by atoms with Crippen LogP contribution in [-0.2, 0) is 11.2 Å². The summed E-state index contributed by atoms with van der Waals surface area (Å²) in [4.78, 5) is 33.1. The molecule has 0 saturated carbocycles. The number of amides is 2. The number of rotatable bonds is 7. The SMILES string of the molecule is O=C(NCCc1c[nH]c2ccccc12)/C(=C/c1cccnc1)NC(=O)c1cccs1. The van der Waals surface area contributed by atoms with E-state index in [-0.39, 0.29) is 17.5 Å². The molecule has 7 heteroatoms. The van der Waals surface area contributed by atoms with Gasteiger partial charge < -0.3 is 15.6 Å². The predicted molar refractivity (Wildman–Crippen MR) is 119 cm³/mol. The molecule has 1 aromatic carbocycles. The highest BCUT2D eigenvalue weighted by Gasteiger charge is 2.15. The first-order valence-electron chi connectivity index (χ1n) is 9.50. The van der Waals surface area contributed by atoms with Gasteiger partial charge in [0.25, 0.3) is 11.8 Å². The van der Waals surface area contributed by atoms with Crippen molar-refractivity contribution in [3.05, 3.63) is 94.2 Å². The Balaban J connectivity index is 1.46. The molecule has 0 bridgehead atoms. The fraction of sp³-hybridized carbons (Fsp3) is 0.0870. The first kappa shape index (κ1) is 19.6. The second kappa shape index (κ2) is 9.19. The van der Waals surface area contributed by atoms with Gasteiger partial charge >= 0.3 is 0 Å². The molecule has 0 aliphatic heterocycles. The standard InChI is InChI=1S/C23H20N4O2S/c28-22(25-11-9-17-15-26-19-7-2-1-6-18(17)19)20(13-16-5-3-10-24-14-16)27-23(29)21-8-4-12-30-21/h1-8,10,12-15,26H,9,11H2,(H,25,28)(H,27,29)/b20-13-. The molecular weight excluding hydrogens is 396 g/mol. The van der Waals surface area contributed by atoms with E-state index in [1.54, 1.807) is 36.7 Å². The summed E-state index contributed by atoms with van der Waals surface area (Å²) in [6.45, 7) is 0.444. The molecule has 150 valence electrons. The Morgan fingerprint density at radius 1 is 1.10 bits per heavy atom. The van der Waals surface area contributed by atoms with Crippen molar-refractivity contribution in [2.45, 2.75) is 6.42 Å². The quantitative estimate of drug-likeness (QED) is 0.401. The second-order valence-corrected chi connectivity index (χ2v) is 7.59. The number of pyridine rings is 1. The molecular formula is C23H20N4O2S. The molecule has 30 heavy (non-hydrogen) atoms. The van der Waals surface area contributed by atoms with Crippen LogP contribution in [0.3, 0.4) is 0 Å². The van der Waals surface area contributed by atoms with Gasteiger partial charge in [-0.2, -0.15) is 0 Å². The number of nitrogens with zero attached hydrogens (tertiary/aromatic N) is 1. The number of fused-ring (bicyclic) bond motifs is 1. The molecule has 6 nitrogen and oxygen atoms in total. The number of para-hydroxylation sites is 1. The molecule has 0 atom stereocenters. The van der Waals surface area contributed by atoms with Crippen molar-refractivity contribution in [2.24, 2.45) is 0 Å².